The van der Waals surface area contributed by atoms with E-state index in [0.717, 1.165) is 28.4 Å². The van der Waals surface area contributed by atoms with Gasteiger partial charge in [-0.2, -0.15) is 0 Å². The van der Waals surface area contributed by atoms with Crippen molar-refractivity contribution in [3.8, 4) is 0 Å². The lowest BCUT2D eigenvalue weighted by Gasteiger charge is -2.31. The Hall–Kier alpha value is -0.640. The van der Waals surface area contributed by atoms with Crippen LogP contribution in [0.1, 0.15) is 44.7 Å². The Morgan fingerprint density at radius 3 is 2.40 bits per heavy atom. The highest BCUT2D eigenvalue weighted by atomic mass is 127. The minimum Gasteiger partial charge on any atom is -0.294 e. The molecule has 0 N–H and O–H groups in total. The molecule has 0 radical (unpaired) electrons. The molecule has 2 saturated carbocycles. The Bertz CT molecular complexity index is 582. The van der Waals surface area contributed by atoms with Crippen LogP contribution in [-0.4, -0.2) is 5.78 Å². The van der Waals surface area contributed by atoms with E-state index in [1.54, 1.807) is 0 Å². The number of benzene rings is 1. The monoisotopic (exact) mass is 380 g/mol. The quantitative estimate of drug-likeness (QED) is 0.400. The first-order valence-corrected chi connectivity index (χ1v) is 8.84. The lowest BCUT2D eigenvalue weighted by molar-refractivity contribution is -0.125. The van der Waals surface area contributed by atoms with Crippen molar-refractivity contribution in [1.82, 2.24) is 0 Å². The molecule has 2 unspecified atom stereocenters. The fraction of sp³-hybridized carbons (Fsp3) is 0.500. The molecule has 0 amide bonds. The molecule has 0 aliphatic heterocycles. The predicted octanol–water partition coefficient (Wildman–Crippen LogP) is 5.03. The SMILES string of the molecule is CC12CCC(C(=Cc3ccc(CI)cc3)C1=O)C2(C)C. The second-order valence-corrected chi connectivity index (χ2v) is 7.71. The summed E-state index contributed by atoms with van der Waals surface area (Å²) in [5.41, 5.74) is 3.52. The number of alkyl halides is 1. The molecule has 0 aromatic heterocycles. The van der Waals surface area contributed by atoms with E-state index in [0.29, 0.717) is 11.7 Å². The second kappa shape index (κ2) is 4.69. The predicted molar refractivity (Wildman–Crippen MR) is 91.8 cm³/mol. The molecule has 2 aliphatic carbocycles. The Kier molecular flexibility index (Phi) is 3.35. The number of ketones is 1. The molecule has 106 valence electrons. The zero-order valence-electron chi connectivity index (χ0n) is 12.4. The number of halogens is 1. The smallest absolute Gasteiger partial charge is 0.165 e. The summed E-state index contributed by atoms with van der Waals surface area (Å²) in [6, 6.07) is 8.58. The van der Waals surface area contributed by atoms with Gasteiger partial charge in [-0.1, -0.05) is 67.6 Å². The number of hydrogen-bond acceptors (Lipinski definition) is 1. The molecular weight excluding hydrogens is 359 g/mol. The molecule has 1 aromatic rings. The first kappa shape index (κ1) is 14.3. The molecule has 0 saturated heterocycles. The first-order chi connectivity index (χ1) is 9.40. The van der Waals surface area contributed by atoms with Crippen LogP contribution in [0.3, 0.4) is 0 Å². The Morgan fingerprint density at radius 2 is 1.90 bits per heavy atom. The number of hydrogen-bond donors (Lipinski definition) is 0. The largest absolute Gasteiger partial charge is 0.294 e. The van der Waals surface area contributed by atoms with Crippen LogP contribution in [0.25, 0.3) is 6.08 Å². The second-order valence-electron chi connectivity index (χ2n) is 6.95. The van der Waals surface area contributed by atoms with Crippen molar-refractivity contribution in [3.05, 3.63) is 41.0 Å². The van der Waals surface area contributed by atoms with E-state index in [1.165, 1.54) is 5.56 Å². The summed E-state index contributed by atoms with van der Waals surface area (Å²) in [5.74, 6) is 0.820. The third kappa shape index (κ3) is 1.83. The zero-order valence-corrected chi connectivity index (χ0v) is 14.5. The average Bonchev–Trinajstić information content (AvgIpc) is 2.74. The summed E-state index contributed by atoms with van der Waals surface area (Å²) < 4.78 is 1.03. The normalized spacial score (nSPS) is 33.1. The van der Waals surface area contributed by atoms with E-state index >= 15 is 0 Å². The summed E-state index contributed by atoms with van der Waals surface area (Å²) in [4.78, 5) is 12.8. The Morgan fingerprint density at radius 1 is 1.25 bits per heavy atom. The van der Waals surface area contributed by atoms with E-state index in [4.69, 9.17) is 0 Å². The third-order valence-electron chi connectivity index (χ3n) is 5.82. The summed E-state index contributed by atoms with van der Waals surface area (Å²) in [7, 11) is 0. The van der Waals surface area contributed by atoms with Crippen molar-refractivity contribution in [2.45, 2.75) is 38.0 Å². The topological polar surface area (TPSA) is 17.1 Å². The van der Waals surface area contributed by atoms with Crippen LogP contribution in [0.4, 0.5) is 0 Å². The van der Waals surface area contributed by atoms with Crippen LogP contribution in [0.5, 0.6) is 0 Å². The van der Waals surface area contributed by atoms with Gasteiger partial charge in [0.1, 0.15) is 0 Å². The molecular formula is C18H21IO. The number of fused-ring (bicyclic) bond motifs is 2. The summed E-state index contributed by atoms with van der Waals surface area (Å²) in [6.45, 7) is 6.69. The number of carbonyl (C=O) groups is 1. The summed E-state index contributed by atoms with van der Waals surface area (Å²) in [6.07, 6.45) is 4.34. The molecule has 2 aliphatic rings. The minimum atomic E-state index is -0.147. The molecule has 0 spiro atoms. The number of Topliss-reactive ketones (excluding diaryl/α,β-unsaturated/α-hetero) is 1. The highest BCUT2D eigenvalue weighted by Crippen LogP contribution is 2.65. The van der Waals surface area contributed by atoms with Gasteiger partial charge in [0.25, 0.3) is 0 Å². The first-order valence-electron chi connectivity index (χ1n) is 7.31. The fourth-order valence-corrected chi connectivity index (χ4v) is 4.48. The molecule has 2 heteroatoms. The molecule has 2 atom stereocenters. The maximum Gasteiger partial charge on any atom is 0.165 e. The Balaban J connectivity index is 1.99. The van der Waals surface area contributed by atoms with Crippen molar-refractivity contribution in [2.24, 2.45) is 16.7 Å². The van der Waals surface area contributed by atoms with Crippen LogP contribution in [-0.2, 0) is 9.22 Å². The van der Waals surface area contributed by atoms with Gasteiger partial charge in [0.05, 0.1) is 0 Å². The van der Waals surface area contributed by atoms with Crippen LogP contribution in [0.2, 0.25) is 0 Å². The van der Waals surface area contributed by atoms with E-state index in [-0.39, 0.29) is 10.8 Å². The van der Waals surface area contributed by atoms with Crippen LogP contribution >= 0.6 is 22.6 Å². The highest BCUT2D eigenvalue weighted by Gasteiger charge is 2.63. The van der Waals surface area contributed by atoms with E-state index < -0.39 is 0 Å². The van der Waals surface area contributed by atoms with Crippen molar-refractivity contribution < 1.29 is 4.79 Å². The fourth-order valence-electron chi connectivity index (χ4n) is 3.98. The van der Waals surface area contributed by atoms with Crippen LogP contribution in [0, 0.1) is 16.7 Å². The standard InChI is InChI=1S/C18H21IO/c1-17(2)15-8-9-18(17,3)16(20)14(15)10-12-4-6-13(11-19)7-5-12/h4-7,10,15H,8-9,11H2,1-3H3. The molecule has 1 aromatic carbocycles. The third-order valence-corrected chi connectivity index (χ3v) is 6.70. The maximum absolute atomic E-state index is 12.8. The van der Waals surface area contributed by atoms with Crippen molar-refractivity contribution in [2.75, 3.05) is 0 Å². The van der Waals surface area contributed by atoms with Gasteiger partial charge in [-0.05, 0) is 47.0 Å². The number of carbonyl (C=O) groups excluding carboxylic acids is 1. The van der Waals surface area contributed by atoms with Gasteiger partial charge in [0, 0.05) is 9.84 Å². The van der Waals surface area contributed by atoms with E-state index in [9.17, 15) is 4.79 Å². The van der Waals surface area contributed by atoms with Crippen molar-refractivity contribution in [3.63, 3.8) is 0 Å². The zero-order chi connectivity index (χ0) is 14.5. The lowest BCUT2D eigenvalue weighted by atomic mass is 9.70. The van der Waals surface area contributed by atoms with Gasteiger partial charge in [-0.3, -0.25) is 4.79 Å². The molecule has 1 nitrogen and oxygen atoms in total. The van der Waals surface area contributed by atoms with Crippen LogP contribution < -0.4 is 0 Å². The molecule has 20 heavy (non-hydrogen) atoms. The van der Waals surface area contributed by atoms with Gasteiger partial charge >= 0.3 is 0 Å². The molecule has 2 bridgehead atoms. The van der Waals surface area contributed by atoms with Gasteiger partial charge in [0.2, 0.25) is 0 Å². The number of allylic oxidation sites excluding steroid dienone is 1. The highest BCUT2D eigenvalue weighted by molar-refractivity contribution is 14.1. The van der Waals surface area contributed by atoms with Crippen molar-refractivity contribution in [1.29, 1.82) is 0 Å². The average molecular weight is 380 g/mol. The van der Waals surface area contributed by atoms with Gasteiger partial charge in [-0.25, -0.2) is 0 Å². The minimum absolute atomic E-state index is 0.109. The molecule has 3 rings (SSSR count). The molecule has 2 fully saturated rings. The lowest BCUT2D eigenvalue weighted by Crippen LogP contribution is -2.32. The van der Waals surface area contributed by atoms with E-state index in [2.05, 4.69) is 73.7 Å². The van der Waals surface area contributed by atoms with Gasteiger partial charge < -0.3 is 0 Å². The Labute approximate surface area is 135 Å². The summed E-state index contributed by atoms with van der Waals surface area (Å²) >= 11 is 2.37. The van der Waals surface area contributed by atoms with Crippen LogP contribution in [0.15, 0.2) is 29.8 Å². The number of rotatable bonds is 2. The maximum atomic E-state index is 12.8. The molecule has 0 heterocycles. The van der Waals surface area contributed by atoms with Gasteiger partial charge in [-0.15, -0.1) is 0 Å². The van der Waals surface area contributed by atoms with Crippen molar-refractivity contribution >= 4 is 34.5 Å². The van der Waals surface area contributed by atoms with E-state index in [1.807, 2.05) is 0 Å². The summed E-state index contributed by atoms with van der Waals surface area (Å²) in [5, 5.41) is 0. The van der Waals surface area contributed by atoms with Gasteiger partial charge in [0.15, 0.2) is 5.78 Å².